The molecule has 2 fully saturated rings. The number of nitrogens with zero attached hydrogens (tertiary/aromatic N) is 1. The summed E-state index contributed by atoms with van der Waals surface area (Å²) in [5.41, 5.74) is 0. The molecule has 31 heavy (non-hydrogen) atoms. The monoisotopic (exact) mass is 452 g/mol. The van der Waals surface area contributed by atoms with Crippen LogP contribution in [0, 0.1) is 11.8 Å². The maximum absolute atomic E-state index is 13.5. The van der Waals surface area contributed by atoms with Crippen molar-refractivity contribution in [1.82, 2.24) is 9.99 Å². The number of carbonyl (C=O) groups is 2. The lowest BCUT2D eigenvalue weighted by Crippen LogP contribution is -2.41. The number of ketones is 1. The van der Waals surface area contributed by atoms with E-state index in [4.69, 9.17) is 13.8 Å². The molecule has 0 aromatic heterocycles. The molecule has 1 N–H and O–H groups in total. The summed E-state index contributed by atoms with van der Waals surface area (Å²) >= 11 is 0. The number of rotatable bonds is 12. The number of piperidine rings is 1. The van der Waals surface area contributed by atoms with Gasteiger partial charge in [-0.15, -0.1) is 0 Å². The van der Waals surface area contributed by atoms with Gasteiger partial charge >= 0.3 is 13.7 Å². The van der Waals surface area contributed by atoms with Crippen LogP contribution < -0.4 is 9.61 Å². The summed E-state index contributed by atoms with van der Waals surface area (Å²) in [7, 11) is -3.94. The first-order valence-corrected chi connectivity index (χ1v) is 12.6. The van der Waals surface area contributed by atoms with Crippen molar-refractivity contribution in [1.29, 1.82) is 0 Å². The van der Waals surface area contributed by atoms with E-state index in [0.29, 0.717) is 12.4 Å². The number of fused-ring (bicyclic) bond motifs is 2. The average molecular weight is 452 g/mol. The highest BCUT2D eigenvalue weighted by Gasteiger charge is 2.46. The third kappa shape index (κ3) is 6.16. The molecule has 9 heteroatoms. The average Bonchev–Trinajstić information content (AvgIpc) is 3.35. The molecule has 1 aromatic rings. The first kappa shape index (κ1) is 23.9. The van der Waals surface area contributed by atoms with Crippen molar-refractivity contribution < 1.29 is 27.9 Å². The lowest BCUT2D eigenvalue weighted by atomic mass is 9.99. The van der Waals surface area contributed by atoms with E-state index < -0.39 is 25.8 Å². The van der Waals surface area contributed by atoms with Gasteiger partial charge in [0.2, 0.25) is 0 Å². The predicted molar refractivity (Wildman–Crippen MR) is 117 cm³/mol. The van der Waals surface area contributed by atoms with Crippen LogP contribution in [0.5, 0.6) is 5.75 Å². The second-order valence-corrected chi connectivity index (χ2v) is 9.95. The van der Waals surface area contributed by atoms with Crippen LogP contribution in [0.15, 0.2) is 30.3 Å². The maximum Gasteiger partial charge on any atom is 0.459 e. The zero-order valence-corrected chi connectivity index (χ0v) is 19.4. The molecule has 172 valence electrons. The van der Waals surface area contributed by atoms with Gasteiger partial charge in [0.25, 0.3) is 0 Å². The van der Waals surface area contributed by atoms with Gasteiger partial charge in [0.05, 0.1) is 19.3 Å². The lowest BCUT2D eigenvalue weighted by molar-refractivity contribution is -0.146. The van der Waals surface area contributed by atoms with Crippen molar-refractivity contribution >= 4 is 19.5 Å². The SMILES string of the molecule is CCC(CC)COC(=O)[C@H](C)NP(=O)(OC[C@H]1C(=O)C2CCN1C2)Oc1ccccc1. The Morgan fingerprint density at radius 1 is 1.26 bits per heavy atom. The molecular formula is C22H33N2O6P. The fraction of sp³-hybridized carbons (Fsp3) is 0.636. The van der Waals surface area contributed by atoms with Crippen LogP contribution in [0.2, 0.25) is 0 Å². The summed E-state index contributed by atoms with van der Waals surface area (Å²) in [6.45, 7) is 7.48. The van der Waals surface area contributed by atoms with Crippen LogP contribution in [0.1, 0.15) is 40.0 Å². The van der Waals surface area contributed by atoms with Crippen molar-refractivity contribution in [3.63, 3.8) is 0 Å². The van der Waals surface area contributed by atoms with Crippen LogP contribution in [-0.2, 0) is 23.4 Å². The van der Waals surface area contributed by atoms with Gasteiger partial charge in [-0.1, -0.05) is 44.9 Å². The number of carbonyl (C=O) groups excluding carboxylic acids is 2. The fourth-order valence-electron chi connectivity index (χ4n) is 3.96. The number of ether oxygens (including phenoxy) is 1. The van der Waals surface area contributed by atoms with Gasteiger partial charge in [-0.3, -0.25) is 19.0 Å². The Hall–Kier alpha value is -1.73. The quantitative estimate of drug-likeness (QED) is 0.381. The normalized spacial score (nSPS) is 25.4. The van der Waals surface area contributed by atoms with E-state index in [-0.39, 0.29) is 24.2 Å². The van der Waals surface area contributed by atoms with Crippen LogP contribution in [0.4, 0.5) is 0 Å². The number of nitrogens with one attached hydrogen (secondary N) is 1. The number of benzene rings is 1. The van der Waals surface area contributed by atoms with E-state index in [1.807, 2.05) is 24.8 Å². The smallest absolute Gasteiger partial charge is 0.459 e. The minimum absolute atomic E-state index is 0.0370. The van der Waals surface area contributed by atoms with Crippen LogP contribution in [0.25, 0.3) is 0 Å². The largest absolute Gasteiger partial charge is 0.464 e. The number of para-hydroxylation sites is 1. The molecule has 2 bridgehead atoms. The Bertz CT molecular complexity index is 800. The molecule has 2 saturated heterocycles. The lowest BCUT2D eigenvalue weighted by Gasteiger charge is -2.27. The van der Waals surface area contributed by atoms with Crippen LogP contribution in [-0.4, -0.2) is 55.0 Å². The van der Waals surface area contributed by atoms with Crippen LogP contribution >= 0.6 is 7.75 Å². The van der Waals surface area contributed by atoms with Crippen molar-refractivity contribution in [3.8, 4) is 5.75 Å². The summed E-state index contributed by atoms with van der Waals surface area (Å²) in [4.78, 5) is 26.9. The summed E-state index contributed by atoms with van der Waals surface area (Å²) < 4.78 is 30.2. The van der Waals surface area contributed by atoms with E-state index in [2.05, 4.69) is 5.09 Å². The van der Waals surface area contributed by atoms with Gasteiger partial charge in [-0.2, -0.15) is 5.09 Å². The molecule has 2 aliphatic heterocycles. The van der Waals surface area contributed by atoms with Crippen LogP contribution in [0.3, 0.4) is 0 Å². The summed E-state index contributed by atoms with van der Waals surface area (Å²) in [5, 5.41) is 2.69. The molecule has 0 amide bonds. The third-order valence-electron chi connectivity index (χ3n) is 6.08. The Morgan fingerprint density at radius 2 is 1.97 bits per heavy atom. The minimum Gasteiger partial charge on any atom is -0.464 e. The molecule has 2 heterocycles. The zero-order chi connectivity index (χ0) is 22.4. The third-order valence-corrected chi connectivity index (χ3v) is 7.73. The Labute approximate surface area is 184 Å². The highest BCUT2D eigenvalue weighted by molar-refractivity contribution is 7.52. The number of Topliss-reactive ketones (excluding diaryl/α,β-unsaturated/α-hetero) is 1. The van der Waals surface area contributed by atoms with E-state index in [0.717, 1.165) is 32.4 Å². The molecular weight excluding hydrogens is 419 g/mol. The number of hydrogen-bond acceptors (Lipinski definition) is 7. The van der Waals surface area contributed by atoms with Crippen molar-refractivity contribution in [2.45, 2.75) is 52.1 Å². The van der Waals surface area contributed by atoms with Gasteiger partial charge in [0.1, 0.15) is 11.8 Å². The molecule has 3 rings (SSSR count). The molecule has 8 nitrogen and oxygen atoms in total. The molecule has 0 radical (unpaired) electrons. The minimum atomic E-state index is -3.94. The molecule has 0 saturated carbocycles. The highest BCUT2D eigenvalue weighted by Crippen LogP contribution is 2.46. The van der Waals surface area contributed by atoms with Crippen molar-refractivity contribution in [2.24, 2.45) is 11.8 Å². The van der Waals surface area contributed by atoms with E-state index in [1.54, 1.807) is 31.2 Å². The van der Waals surface area contributed by atoms with Gasteiger partial charge in [-0.25, -0.2) is 4.57 Å². The standard InChI is InChI=1S/C22H33N2O6P/c1-4-17(5-2)14-28-22(26)16(3)23-31(27,30-19-9-7-6-8-10-19)29-15-20-21(25)18-11-12-24(20)13-18/h6-10,16-18,20H,4-5,11-15H2,1-3H3,(H,23,27)/t16-,18?,20-,31?/m0/s1. The van der Waals surface area contributed by atoms with Gasteiger partial charge in [0.15, 0.2) is 5.78 Å². The second-order valence-electron chi connectivity index (χ2n) is 8.26. The van der Waals surface area contributed by atoms with Gasteiger partial charge < -0.3 is 9.26 Å². The summed E-state index contributed by atoms with van der Waals surface area (Å²) in [6, 6.07) is 7.28. The number of esters is 1. The fourth-order valence-corrected chi connectivity index (χ4v) is 5.46. The summed E-state index contributed by atoms with van der Waals surface area (Å²) in [6.07, 6.45) is 2.69. The van der Waals surface area contributed by atoms with E-state index in [1.165, 1.54) is 0 Å². The molecule has 2 aliphatic rings. The van der Waals surface area contributed by atoms with Crippen molar-refractivity contribution in [3.05, 3.63) is 30.3 Å². The molecule has 0 aliphatic carbocycles. The van der Waals surface area contributed by atoms with Gasteiger partial charge in [0, 0.05) is 12.5 Å². The Kier molecular flexibility index (Phi) is 8.28. The first-order valence-electron chi connectivity index (χ1n) is 11.1. The topological polar surface area (TPSA) is 94.2 Å². The molecule has 3 unspecified atom stereocenters. The molecule has 1 aromatic carbocycles. The molecule has 5 atom stereocenters. The van der Waals surface area contributed by atoms with E-state index >= 15 is 0 Å². The Morgan fingerprint density at radius 3 is 2.58 bits per heavy atom. The highest BCUT2D eigenvalue weighted by atomic mass is 31.2. The Balaban J connectivity index is 1.64. The predicted octanol–water partition coefficient (Wildman–Crippen LogP) is 3.42. The number of hydrogen-bond donors (Lipinski definition) is 1. The first-order chi connectivity index (χ1) is 14.8. The summed E-state index contributed by atoms with van der Waals surface area (Å²) in [5.74, 6) is 0.269. The van der Waals surface area contributed by atoms with Gasteiger partial charge in [-0.05, 0) is 37.9 Å². The zero-order valence-electron chi connectivity index (χ0n) is 18.5. The second kappa shape index (κ2) is 10.7. The van der Waals surface area contributed by atoms with Crippen molar-refractivity contribution in [2.75, 3.05) is 26.3 Å². The molecule has 0 spiro atoms. The van der Waals surface area contributed by atoms with E-state index in [9.17, 15) is 14.2 Å². The maximum atomic E-state index is 13.5.